The van der Waals surface area contributed by atoms with Crippen LogP contribution in [0.5, 0.6) is 0 Å². The number of hydrogen-bond donors (Lipinski definition) is 0. The Kier molecular flexibility index (Phi) is 3.67. The van der Waals surface area contributed by atoms with E-state index in [2.05, 4.69) is 63.4 Å². The molecule has 1 nitrogen and oxygen atoms in total. The van der Waals surface area contributed by atoms with Crippen LogP contribution in [0.1, 0.15) is 13.3 Å². The van der Waals surface area contributed by atoms with Crippen LogP contribution in [0.3, 0.4) is 0 Å². The predicted octanol–water partition coefficient (Wildman–Crippen LogP) is 3.62. The highest BCUT2D eigenvalue weighted by atomic mass is 28.4. The Labute approximate surface area is 113 Å². The third kappa shape index (κ3) is 2.39. The maximum absolute atomic E-state index is 6.01. The zero-order chi connectivity index (χ0) is 13.4. The summed E-state index contributed by atoms with van der Waals surface area (Å²) >= 11 is 0. The zero-order valence-corrected chi connectivity index (χ0v) is 14.2. The number of allylic oxidation sites excluding steroid dienone is 1. The van der Waals surface area contributed by atoms with Gasteiger partial charge in [0.05, 0.1) is 0 Å². The van der Waals surface area contributed by atoms with Gasteiger partial charge >= 0.3 is 0 Å². The van der Waals surface area contributed by atoms with E-state index in [1.54, 1.807) is 10.4 Å². The van der Waals surface area contributed by atoms with Crippen molar-refractivity contribution < 1.29 is 4.43 Å². The summed E-state index contributed by atoms with van der Waals surface area (Å²) in [7, 11) is -3.06. The van der Waals surface area contributed by atoms with Crippen LogP contribution in [0.2, 0.25) is 26.2 Å². The molecule has 1 aromatic carbocycles. The SMILES string of the molecule is C/C(=C1/CCO[Si]1(C)C)[Si](C)(C)c1ccccc1. The first-order valence-corrected chi connectivity index (χ1v) is 12.7. The van der Waals surface area contributed by atoms with Crippen molar-refractivity contribution in [2.75, 3.05) is 6.61 Å². The van der Waals surface area contributed by atoms with Crippen LogP contribution in [-0.4, -0.2) is 23.0 Å². The molecule has 1 fully saturated rings. The molecule has 0 N–H and O–H groups in total. The summed E-state index contributed by atoms with van der Waals surface area (Å²) in [6, 6.07) is 11.0. The van der Waals surface area contributed by atoms with Crippen LogP contribution in [0.15, 0.2) is 40.7 Å². The van der Waals surface area contributed by atoms with E-state index in [-0.39, 0.29) is 0 Å². The zero-order valence-electron chi connectivity index (χ0n) is 12.2. The van der Waals surface area contributed by atoms with Gasteiger partial charge in [0.1, 0.15) is 8.07 Å². The second-order valence-corrected chi connectivity index (χ2v) is 14.7. The minimum atomic E-state index is -1.56. The third-order valence-corrected chi connectivity index (χ3v) is 11.6. The minimum Gasteiger partial charge on any atom is -0.413 e. The molecule has 3 heteroatoms. The van der Waals surface area contributed by atoms with Crippen molar-refractivity contribution in [3.63, 3.8) is 0 Å². The Balaban J connectivity index is 2.45. The molecule has 0 unspecified atom stereocenters. The lowest BCUT2D eigenvalue weighted by atomic mass is 10.4. The fraction of sp³-hybridized carbons (Fsp3) is 0.467. The van der Waals surface area contributed by atoms with Crippen LogP contribution < -0.4 is 5.19 Å². The van der Waals surface area contributed by atoms with Crippen LogP contribution in [-0.2, 0) is 4.43 Å². The Bertz CT molecular complexity index is 461. The molecule has 0 atom stereocenters. The third-order valence-electron chi connectivity index (χ3n) is 4.43. The molecule has 1 aliphatic rings. The highest BCUT2D eigenvalue weighted by Gasteiger charge is 2.38. The fourth-order valence-electron chi connectivity index (χ4n) is 2.88. The van der Waals surface area contributed by atoms with Gasteiger partial charge in [-0.2, -0.15) is 0 Å². The molecule has 0 bridgehead atoms. The van der Waals surface area contributed by atoms with Gasteiger partial charge in [0.15, 0.2) is 0 Å². The number of rotatable bonds is 2. The average Bonchev–Trinajstić information content (AvgIpc) is 2.69. The average molecular weight is 277 g/mol. The summed E-state index contributed by atoms with van der Waals surface area (Å²) in [5.41, 5.74) is 0. The summed E-state index contributed by atoms with van der Waals surface area (Å²) in [6.07, 6.45) is 1.16. The fourth-order valence-corrected chi connectivity index (χ4v) is 9.46. The van der Waals surface area contributed by atoms with E-state index in [4.69, 9.17) is 4.43 Å². The first kappa shape index (κ1) is 13.8. The van der Waals surface area contributed by atoms with Gasteiger partial charge in [0, 0.05) is 6.61 Å². The van der Waals surface area contributed by atoms with Crippen molar-refractivity contribution in [3.8, 4) is 0 Å². The molecule has 0 amide bonds. The van der Waals surface area contributed by atoms with Gasteiger partial charge in [-0.25, -0.2) is 0 Å². The van der Waals surface area contributed by atoms with E-state index in [0.717, 1.165) is 13.0 Å². The van der Waals surface area contributed by atoms with Crippen molar-refractivity contribution in [2.24, 2.45) is 0 Å². The highest BCUT2D eigenvalue weighted by molar-refractivity contribution is 6.97. The largest absolute Gasteiger partial charge is 0.413 e. The van der Waals surface area contributed by atoms with E-state index in [0.29, 0.717) is 0 Å². The summed E-state index contributed by atoms with van der Waals surface area (Å²) < 4.78 is 6.01. The molecule has 18 heavy (non-hydrogen) atoms. The van der Waals surface area contributed by atoms with Crippen LogP contribution in [0.4, 0.5) is 0 Å². The molecule has 1 heterocycles. The maximum Gasteiger partial charge on any atom is 0.213 e. The predicted molar refractivity (Wildman–Crippen MR) is 84.3 cm³/mol. The van der Waals surface area contributed by atoms with Gasteiger partial charge in [0.25, 0.3) is 0 Å². The molecule has 0 aliphatic carbocycles. The first-order valence-electron chi connectivity index (χ1n) is 6.76. The van der Waals surface area contributed by atoms with Gasteiger partial charge in [-0.1, -0.05) is 59.0 Å². The van der Waals surface area contributed by atoms with E-state index in [1.165, 1.54) is 5.19 Å². The quantitative estimate of drug-likeness (QED) is 0.750. The van der Waals surface area contributed by atoms with Gasteiger partial charge in [-0.3, -0.25) is 0 Å². The lowest BCUT2D eigenvalue weighted by Crippen LogP contribution is -2.45. The second-order valence-electron chi connectivity index (χ2n) is 6.20. The Morgan fingerprint density at radius 1 is 1.17 bits per heavy atom. The van der Waals surface area contributed by atoms with Gasteiger partial charge in [-0.15, -0.1) is 0 Å². The van der Waals surface area contributed by atoms with Crippen LogP contribution in [0, 0.1) is 0 Å². The van der Waals surface area contributed by atoms with Gasteiger partial charge in [-0.05, 0) is 26.4 Å². The molecule has 2 rings (SSSR count). The van der Waals surface area contributed by atoms with Gasteiger partial charge < -0.3 is 4.43 Å². The summed E-state index contributed by atoms with van der Waals surface area (Å²) in [5, 5.41) is 4.86. The Hall–Kier alpha value is -0.646. The topological polar surface area (TPSA) is 9.23 Å². The van der Waals surface area contributed by atoms with Crippen molar-refractivity contribution in [1.29, 1.82) is 0 Å². The van der Waals surface area contributed by atoms with Crippen molar-refractivity contribution in [3.05, 3.63) is 40.7 Å². The lowest BCUT2D eigenvalue weighted by Gasteiger charge is -2.29. The maximum atomic E-state index is 6.01. The second kappa shape index (κ2) is 4.80. The van der Waals surface area contributed by atoms with Crippen LogP contribution >= 0.6 is 0 Å². The molecular formula is C15H24OSi2. The number of hydrogen-bond acceptors (Lipinski definition) is 1. The summed E-state index contributed by atoms with van der Waals surface area (Å²) in [5.74, 6) is 0. The minimum absolute atomic E-state index is 0.936. The highest BCUT2D eigenvalue weighted by Crippen LogP contribution is 2.33. The first-order chi connectivity index (χ1) is 8.36. The lowest BCUT2D eigenvalue weighted by molar-refractivity contribution is 0.350. The standard InChI is InChI=1S/C15H24OSi2/c1-13(15-11-12-16-18(15,4)5)17(2,3)14-9-7-6-8-10-14/h6-10H,11-12H2,1-5H3/b15-13+. The van der Waals surface area contributed by atoms with E-state index >= 15 is 0 Å². The van der Waals surface area contributed by atoms with Crippen molar-refractivity contribution in [2.45, 2.75) is 39.5 Å². The van der Waals surface area contributed by atoms with Crippen molar-refractivity contribution >= 4 is 21.6 Å². The van der Waals surface area contributed by atoms with E-state index in [9.17, 15) is 0 Å². The molecule has 0 saturated carbocycles. The summed E-state index contributed by atoms with van der Waals surface area (Å²) in [4.78, 5) is 0. The molecule has 1 saturated heterocycles. The van der Waals surface area contributed by atoms with E-state index < -0.39 is 16.4 Å². The molecular weight excluding hydrogens is 252 g/mol. The molecule has 0 radical (unpaired) electrons. The monoisotopic (exact) mass is 276 g/mol. The molecule has 98 valence electrons. The normalized spacial score (nSPS) is 22.1. The molecule has 1 aliphatic heterocycles. The molecule has 0 aromatic heterocycles. The smallest absolute Gasteiger partial charge is 0.213 e. The van der Waals surface area contributed by atoms with Gasteiger partial charge in [0.2, 0.25) is 8.32 Å². The van der Waals surface area contributed by atoms with E-state index in [1.807, 2.05) is 0 Å². The molecule has 0 spiro atoms. The van der Waals surface area contributed by atoms with Crippen LogP contribution in [0.25, 0.3) is 0 Å². The Morgan fingerprint density at radius 3 is 2.28 bits per heavy atom. The number of benzene rings is 1. The van der Waals surface area contributed by atoms with Crippen molar-refractivity contribution in [1.82, 2.24) is 0 Å². The molecule has 1 aromatic rings. The Morgan fingerprint density at radius 2 is 1.78 bits per heavy atom. The summed E-state index contributed by atoms with van der Waals surface area (Å²) in [6.45, 7) is 12.9.